The van der Waals surface area contributed by atoms with Crippen LogP contribution in [0.4, 0.5) is 0 Å². The van der Waals surface area contributed by atoms with Gasteiger partial charge in [-0.3, -0.25) is 24.0 Å². The predicted molar refractivity (Wildman–Crippen MR) is 186 cm³/mol. The van der Waals surface area contributed by atoms with Crippen molar-refractivity contribution in [2.24, 2.45) is 34.2 Å². The fraction of sp³-hybridized carbons (Fsp3) is 0.684. The van der Waals surface area contributed by atoms with Crippen LogP contribution in [0.5, 0.6) is 0 Å². The van der Waals surface area contributed by atoms with Crippen molar-refractivity contribution in [1.29, 1.82) is 0 Å². The number of benzene rings is 1. The van der Waals surface area contributed by atoms with Crippen molar-refractivity contribution >= 4 is 46.6 Å². The first kappa shape index (κ1) is 35.6. The molecule has 2 N–H and O–H groups in total. The highest BCUT2D eigenvalue weighted by Crippen LogP contribution is 2.50. The quantitative estimate of drug-likeness (QED) is 0.282. The molecule has 5 aliphatic rings. The fourth-order valence-corrected chi connectivity index (χ4v) is 8.36. The predicted octanol–water partition coefficient (Wildman–Crippen LogP) is 5.38. The van der Waals surface area contributed by atoms with Gasteiger partial charge in [0.15, 0.2) is 11.4 Å². The van der Waals surface area contributed by atoms with Gasteiger partial charge in [-0.05, 0) is 48.1 Å². The zero-order chi connectivity index (χ0) is 35.1. The third-order valence-electron chi connectivity index (χ3n) is 11.3. The van der Waals surface area contributed by atoms with E-state index in [0.29, 0.717) is 35.4 Å². The summed E-state index contributed by atoms with van der Waals surface area (Å²) in [6, 6.07) is 4.45. The summed E-state index contributed by atoms with van der Waals surface area (Å²) in [5.74, 6) is -0.995. The lowest BCUT2D eigenvalue weighted by molar-refractivity contribution is -0.145. The third-order valence-corrected chi connectivity index (χ3v) is 11.5. The molecule has 0 unspecified atom stereocenters. The number of likely N-dealkylation sites (tertiary alicyclic amines) is 1. The normalized spacial score (nSPS) is 28.0. The summed E-state index contributed by atoms with van der Waals surface area (Å²) in [6.45, 7) is 7.44. The highest BCUT2D eigenvalue weighted by atomic mass is 35.5. The van der Waals surface area contributed by atoms with E-state index >= 15 is 0 Å². The van der Waals surface area contributed by atoms with Crippen molar-refractivity contribution in [2.45, 2.75) is 128 Å². The Kier molecular flexibility index (Phi) is 10.3. The molecule has 4 fully saturated rings. The van der Waals surface area contributed by atoms with E-state index in [4.69, 9.17) is 16.4 Å². The highest BCUT2D eigenvalue weighted by Gasteiger charge is 2.56. The van der Waals surface area contributed by atoms with Crippen molar-refractivity contribution in [3.63, 3.8) is 0 Å². The number of nitrogens with zero attached hydrogens (tertiary/aromatic N) is 2. The number of carbonyl (C=O) groups is 5. The van der Waals surface area contributed by atoms with E-state index in [1.807, 2.05) is 32.9 Å². The van der Waals surface area contributed by atoms with Crippen molar-refractivity contribution < 1.29 is 28.8 Å². The molecule has 0 bridgehead atoms. The van der Waals surface area contributed by atoms with Gasteiger partial charge in [0.2, 0.25) is 23.5 Å². The molecule has 11 heteroatoms. The first-order valence-electron chi connectivity index (χ1n) is 18.3. The average Bonchev–Trinajstić information content (AvgIpc) is 4.00. The first-order chi connectivity index (χ1) is 23.3. The molecular formula is C38H51ClN4O6. The number of hydrogen-bond donors (Lipinski definition) is 2. The molecule has 0 aromatic heterocycles. The zero-order valence-corrected chi connectivity index (χ0v) is 30.0. The SMILES string of the molecule is CCC(=O)C(=O)[C@H](CC1CC1)NC(=O)[C@@H]1C[C@]2(CC(c3cccc(Cl)c3)=NO2)CN1C(=O)[C@@H](NC(=O)[C@H]1C[C@@H]1C1CCCCC1)C(C)(C)C. The van der Waals surface area contributed by atoms with Crippen LogP contribution in [-0.2, 0) is 28.8 Å². The van der Waals surface area contributed by atoms with Gasteiger partial charge in [-0.1, -0.05) is 102 Å². The Labute approximate surface area is 294 Å². The number of halogens is 1. The maximum absolute atomic E-state index is 14.7. The number of ketones is 2. The van der Waals surface area contributed by atoms with Gasteiger partial charge in [-0.25, -0.2) is 0 Å². The van der Waals surface area contributed by atoms with Gasteiger partial charge in [-0.15, -0.1) is 0 Å². The van der Waals surface area contributed by atoms with E-state index in [0.717, 1.165) is 37.7 Å². The summed E-state index contributed by atoms with van der Waals surface area (Å²) in [5.41, 5.74) is -0.190. The molecule has 1 saturated heterocycles. The van der Waals surface area contributed by atoms with Crippen molar-refractivity contribution in [1.82, 2.24) is 15.5 Å². The summed E-state index contributed by atoms with van der Waals surface area (Å²) < 4.78 is 0. The lowest BCUT2D eigenvalue weighted by Crippen LogP contribution is -2.59. The van der Waals surface area contributed by atoms with Crippen LogP contribution in [0.2, 0.25) is 5.02 Å². The Morgan fingerprint density at radius 2 is 1.78 bits per heavy atom. The summed E-state index contributed by atoms with van der Waals surface area (Å²) in [6.07, 6.45) is 9.69. The molecule has 1 aromatic carbocycles. The van der Waals surface area contributed by atoms with Crippen LogP contribution in [-0.4, -0.2) is 70.2 Å². The topological polar surface area (TPSA) is 134 Å². The minimum absolute atomic E-state index is 0.0556. The molecule has 49 heavy (non-hydrogen) atoms. The minimum Gasteiger partial charge on any atom is -0.387 e. The second-order valence-electron chi connectivity index (χ2n) is 16.3. The van der Waals surface area contributed by atoms with Crippen LogP contribution in [0.3, 0.4) is 0 Å². The van der Waals surface area contributed by atoms with Crippen LogP contribution in [0, 0.1) is 29.1 Å². The van der Waals surface area contributed by atoms with E-state index < -0.39 is 46.6 Å². The summed E-state index contributed by atoms with van der Waals surface area (Å²) >= 11 is 6.26. The molecular weight excluding hydrogens is 644 g/mol. The van der Waals surface area contributed by atoms with Crippen LogP contribution >= 0.6 is 11.6 Å². The largest absolute Gasteiger partial charge is 0.387 e. The number of amides is 3. The maximum atomic E-state index is 14.7. The van der Waals surface area contributed by atoms with Gasteiger partial charge >= 0.3 is 0 Å². The van der Waals surface area contributed by atoms with Crippen LogP contribution in [0.25, 0.3) is 0 Å². The van der Waals surface area contributed by atoms with E-state index in [1.165, 1.54) is 24.2 Å². The van der Waals surface area contributed by atoms with E-state index in [9.17, 15) is 24.0 Å². The van der Waals surface area contributed by atoms with Gasteiger partial charge in [0.1, 0.15) is 12.1 Å². The molecule has 2 aliphatic heterocycles. The van der Waals surface area contributed by atoms with Crippen LogP contribution in [0.15, 0.2) is 29.4 Å². The molecule has 2 heterocycles. The number of oxime groups is 1. The van der Waals surface area contributed by atoms with E-state index in [2.05, 4.69) is 15.8 Å². The second kappa shape index (κ2) is 14.2. The van der Waals surface area contributed by atoms with Gasteiger partial charge < -0.3 is 20.4 Å². The van der Waals surface area contributed by atoms with Crippen molar-refractivity contribution in [3.8, 4) is 0 Å². The summed E-state index contributed by atoms with van der Waals surface area (Å²) in [5, 5.41) is 10.9. The number of hydrogen-bond acceptors (Lipinski definition) is 7. The zero-order valence-electron chi connectivity index (χ0n) is 29.3. The maximum Gasteiger partial charge on any atom is 0.246 e. The third kappa shape index (κ3) is 8.05. The first-order valence-corrected chi connectivity index (χ1v) is 18.7. The monoisotopic (exact) mass is 694 g/mol. The number of rotatable bonds is 12. The molecule has 6 rings (SSSR count). The lowest BCUT2D eigenvalue weighted by Gasteiger charge is -2.36. The number of nitrogens with one attached hydrogen (secondary N) is 2. The second-order valence-corrected chi connectivity index (χ2v) is 16.7. The molecule has 10 nitrogen and oxygen atoms in total. The lowest BCUT2D eigenvalue weighted by atomic mass is 9.84. The number of Topliss-reactive ketones (excluding diaryl/α,β-unsaturated/α-hetero) is 2. The Balaban J connectivity index is 1.23. The summed E-state index contributed by atoms with van der Waals surface area (Å²) in [4.78, 5) is 75.7. The standard InChI is InChI=1S/C38H51ClN4O6/c1-5-31(44)32(45)28(16-22-14-15-22)40-35(47)30-20-38(19-29(42-49-38)24-12-9-13-25(39)17-24)21-43(30)36(48)33(37(2,3)4)41-34(46)27-18-26(27)23-10-7-6-8-11-23/h9,12-13,17,22-23,26-28,30,33H,5-8,10-11,14-16,18-21H2,1-4H3,(H,40,47)(H,41,46)/t26-,27+,28+,30+,33-,38-/m1/s1. The molecule has 0 radical (unpaired) electrons. The van der Waals surface area contributed by atoms with Crippen LogP contribution in [0.1, 0.15) is 110 Å². The Bertz CT molecular complexity index is 1510. The summed E-state index contributed by atoms with van der Waals surface area (Å²) in [7, 11) is 0. The van der Waals surface area contributed by atoms with Crippen molar-refractivity contribution in [3.05, 3.63) is 34.9 Å². The fourth-order valence-electron chi connectivity index (χ4n) is 8.17. The molecule has 1 spiro atoms. The van der Waals surface area contributed by atoms with Crippen LogP contribution < -0.4 is 10.6 Å². The Hall–Kier alpha value is -3.27. The molecule has 3 aliphatic carbocycles. The molecule has 266 valence electrons. The Morgan fingerprint density at radius 1 is 1.04 bits per heavy atom. The molecule has 3 amide bonds. The molecule has 3 saturated carbocycles. The smallest absolute Gasteiger partial charge is 0.246 e. The van der Waals surface area contributed by atoms with Gasteiger partial charge in [-0.2, -0.15) is 0 Å². The van der Waals surface area contributed by atoms with Gasteiger partial charge in [0.25, 0.3) is 0 Å². The highest BCUT2D eigenvalue weighted by molar-refractivity contribution is 6.39. The average molecular weight is 695 g/mol. The molecule has 1 aromatic rings. The number of carbonyl (C=O) groups excluding carboxylic acids is 5. The Morgan fingerprint density at radius 3 is 2.43 bits per heavy atom. The van der Waals surface area contributed by atoms with E-state index in [-0.39, 0.29) is 43.0 Å². The van der Waals surface area contributed by atoms with Gasteiger partial charge in [0.05, 0.1) is 18.3 Å². The minimum atomic E-state index is -0.995. The van der Waals surface area contributed by atoms with Gasteiger partial charge in [0, 0.05) is 35.8 Å². The van der Waals surface area contributed by atoms with Crippen molar-refractivity contribution in [2.75, 3.05) is 6.54 Å². The van der Waals surface area contributed by atoms with E-state index in [1.54, 1.807) is 19.1 Å². The molecule has 6 atom stereocenters.